The van der Waals surface area contributed by atoms with Gasteiger partial charge < -0.3 is 0 Å². The van der Waals surface area contributed by atoms with Crippen LogP contribution in [0.1, 0.15) is 0 Å². The van der Waals surface area contributed by atoms with E-state index in [1.54, 1.807) is 0 Å². The Labute approximate surface area is 62.6 Å². The van der Waals surface area contributed by atoms with E-state index in [9.17, 15) is 0 Å². The normalized spacial score (nSPS) is 18.6. The maximum absolute atomic E-state index is 5.51. The van der Waals surface area contributed by atoms with Gasteiger partial charge in [-0.3, -0.25) is 0 Å². The molecular formula is C3HBCl3N. The van der Waals surface area contributed by atoms with Crippen LogP contribution in [-0.4, -0.2) is 12.3 Å². The van der Waals surface area contributed by atoms with Gasteiger partial charge in [-0.05, 0) is 0 Å². The lowest BCUT2D eigenvalue weighted by atomic mass is 9.82. The van der Waals surface area contributed by atoms with Crippen molar-refractivity contribution in [2.45, 2.75) is 0 Å². The fourth-order valence-corrected chi connectivity index (χ4v) is 1.08. The second-order valence-electron chi connectivity index (χ2n) is 1.36. The summed E-state index contributed by atoms with van der Waals surface area (Å²) in [5, 5.41) is 0.775. The van der Waals surface area contributed by atoms with Gasteiger partial charge in [-0.1, -0.05) is 34.8 Å². The predicted molar refractivity (Wildman–Crippen MR) is 39.2 cm³/mol. The highest BCUT2D eigenvalue weighted by atomic mass is 35.5. The quantitative estimate of drug-likeness (QED) is 0.385. The molecule has 0 aliphatic carbocycles. The summed E-state index contributed by atoms with van der Waals surface area (Å²) in [6.45, 7) is 0. The van der Waals surface area contributed by atoms with Gasteiger partial charge in [0.1, 0.15) is 5.16 Å². The minimum Gasteiger partial charge on any atom is -0.239 e. The fourth-order valence-electron chi connectivity index (χ4n) is 0.408. The highest BCUT2D eigenvalue weighted by Gasteiger charge is 2.13. The summed E-state index contributed by atoms with van der Waals surface area (Å²) in [6.07, 6.45) is 0. The third kappa shape index (κ3) is 1.19. The first-order chi connectivity index (χ1) is 3.70. The monoisotopic (exact) mass is 167 g/mol. The minimum atomic E-state index is 0.316. The largest absolute Gasteiger partial charge is 0.250 e. The Morgan fingerprint density at radius 1 is 1.25 bits per heavy atom. The summed E-state index contributed by atoms with van der Waals surface area (Å²) >= 11 is 16.4. The lowest BCUT2D eigenvalue weighted by Gasteiger charge is -1.78. The van der Waals surface area contributed by atoms with Crippen LogP contribution in [0.4, 0.5) is 0 Å². The molecule has 1 heterocycles. The van der Waals surface area contributed by atoms with Crippen molar-refractivity contribution in [1.29, 1.82) is 0 Å². The summed E-state index contributed by atoms with van der Waals surface area (Å²) in [5.41, 5.74) is 0. The molecule has 0 saturated carbocycles. The van der Waals surface area contributed by atoms with E-state index in [1.807, 2.05) is 0 Å². The Kier molecular flexibility index (Phi) is 1.86. The maximum Gasteiger partial charge on any atom is 0.250 e. The predicted octanol–water partition coefficient (Wildman–Crippen LogP) is 1.64. The third-order valence-electron chi connectivity index (χ3n) is 0.744. The molecule has 1 aliphatic heterocycles. The average molecular weight is 168 g/mol. The van der Waals surface area contributed by atoms with Crippen molar-refractivity contribution in [3.63, 3.8) is 0 Å². The Balaban J connectivity index is 2.79. The van der Waals surface area contributed by atoms with Crippen molar-refractivity contribution in [3.8, 4) is 0 Å². The van der Waals surface area contributed by atoms with Gasteiger partial charge in [0.15, 0.2) is 0 Å². The molecule has 0 N–H and O–H groups in total. The number of nitrogens with zero attached hydrogens (tertiary/aromatic N) is 1. The average Bonchev–Trinajstić information content (AvgIpc) is 1.85. The first-order valence-electron chi connectivity index (χ1n) is 1.97. The highest BCUT2D eigenvalue weighted by molar-refractivity contribution is 7.07. The van der Waals surface area contributed by atoms with E-state index in [0.29, 0.717) is 22.4 Å². The van der Waals surface area contributed by atoms with E-state index in [-0.39, 0.29) is 0 Å². The van der Waals surface area contributed by atoms with E-state index in [0.717, 1.165) is 0 Å². The van der Waals surface area contributed by atoms with Crippen LogP contribution < -0.4 is 0 Å². The summed E-state index contributed by atoms with van der Waals surface area (Å²) in [7, 11) is 0.488. The molecular weight excluding hydrogens is 167 g/mol. The van der Waals surface area contributed by atoms with Crippen LogP contribution in [0.5, 0.6) is 0 Å². The smallest absolute Gasteiger partial charge is 0.239 e. The van der Waals surface area contributed by atoms with Crippen LogP contribution in [0.3, 0.4) is 0 Å². The molecule has 0 saturated heterocycles. The molecule has 0 aromatic carbocycles. The van der Waals surface area contributed by atoms with E-state index >= 15 is 0 Å². The van der Waals surface area contributed by atoms with Gasteiger partial charge in [0.2, 0.25) is 0 Å². The molecule has 0 aromatic heterocycles. The summed E-state index contributed by atoms with van der Waals surface area (Å²) in [4.78, 5) is 4.19. The zero-order valence-electron chi connectivity index (χ0n) is 3.79. The Bertz CT molecular complexity index is 173. The molecule has 0 atom stereocenters. The van der Waals surface area contributed by atoms with Gasteiger partial charge in [0.25, 0.3) is 7.28 Å². The second-order valence-corrected chi connectivity index (χ2v) is 2.61. The van der Waals surface area contributed by atoms with Crippen molar-refractivity contribution in [2.24, 2.45) is 4.99 Å². The molecule has 8 heavy (non-hydrogen) atoms. The van der Waals surface area contributed by atoms with Gasteiger partial charge >= 0.3 is 0 Å². The number of rotatable bonds is 0. The molecule has 0 spiro atoms. The van der Waals surface area contributed by atoms with Gasteiger partial charge in [-0.2, -0.15) is 0 Å². The number of aliphatic imine (C=N–C) groups is 1. The first kappa shape index (κ1) is 6.46. The lowest BCUT2D eigenvalue weighted by Crippen LogP contribution is -1.94. The maximum atomic E-state index is 5.51. The van der Waals surface area contributed by atoms with Gasteiger partial charge in [-0.15, -0.1) is 0 Å². The van der Waals surface area contributed by atoms with Gasteiger partial charge in [0, 0.05) is 4.93 Å². The molecule has 1 nitrogen and oxygen atoms in total. The molecule has 0 unspecified atom stereocenters. The molecule has 0 aromatic rings. The fraction of sp³-hybridized carbons (Fsp3) is 0. The standard InChI is InChI=1S/C3HBCl3N/c5-1-2(6)8-3(7)4-1/h4H. The summed E-state index contributed by atoms with van der Waals surface area (Å²) in [6, 6.07) is 0. The van der Waals surface area contributed by atoms with Crippen molar-refractivity contribution < 1.29 is 0 Å². The van der Waals surface area contributed by atoms with E-state index in [2.05, 4.69) is 4.99 Å². The lowest BCUT2D eigenvalue weighted by molar-refractivity contribution is 1.57. The minimum absolute atomic E-state index is 0.316. The van der Waals surface area contributed by atoms with Crippen molar-refractivity contribution in [3.05, 3.63) is 10.1 Å². The van der Waals surface area contributed by atoms with Crippen LogP contribution in [0.2, 0.25) is 0 Å². The van der Waals surface area contributed by atoms with Gasteiger partial charge in [-0.25, -0.2) is 4.99 Å². The molecule has 1 aliphatic rings. The molecule has 42 valence electrons. The third-order valence-corrected chi connectivity index (χ3v) is 1.68. The van der Waals surface area contributed by atoms with E-state index in [1.165, 1.54) is 0 Å². The molecule has 0 radical (unpaired) electrons. The SMILES string of the molecule is ClC1=NC(Cl)=C(Cl)B1. The number of hydrogen-bond acceptors (Lipinski definition) is 1. The Hall–Kier alpha value is 0.345. The number of hydrogen-bond donors (Lipinski definition) is 0. The first-order valence-corrected chi connectivity index (χ1v) is 3.11. The van der Waals surface area contributed by atoms with Crippen LogP contribution in [0.25, 0.3) is 0 Å². The van der Waals surface area contributed by atoms with Crippen LogP contribution >= 0.6 is 34.8 Å². The van der Waals surface area contributed by atoms with Crippen LogP contribution in [0, 0.1) is 0 Å². The van der Waals surface area contributed by atoms with Crippen molar-refractivity contribution in [1.82, 2.24) is 0 Å². The topological polar surface area (TPSA) is 12.4 Å². The Morgan fingerprint density at radius 2 is 1.88 bits per heavy atom. The molecule has 0 bridgehead atoms. The van der Waals surface area contributed by atoms with Crippen LogP contribution in [0.15, 0.2) is 15.1 Å². The van der Waals surface area contributed by atoms with Crippen molar-refractivity contribution in [2.75, 3.05) is 0 Å². The van der Waals surface area contributed by atoms with Crippen molar-refractivity contribution >= 4 is 47.2 Å². The molecule has 5 heteroatoms. The Morgan fingerprint density at radius 3 is 2.00 bits per heavy atom. The molecule has 1 rings (SSSR count). The molecule has 0 fully saturated rings. The summed E-state index contributed by atoms with van der Waals surface area (Å²) in [5.74, 6) is 0. The zero-order valence-corrected chi connectivity index (χ0v) is 6.06. The zero-order chi connectivity index (χ0) is 6.15. The second kappa shape index (κ2) is 2.30. The molecule has 0 amide bonds. The van der Waals surface area contributed by atoms with Crippen LogP contribution in [-0.2, 0) is 0 Å². The number of halogens is 3. The highest BCUT2D eigenvalue weighted by Crippen LogP contribution is 2.20. The van der Waals surface area contributed by atoms with E-state index in [4.69, 9.17) is 34.8 Å². The van der Waals surface area contributed by atoms with Gasteiger partial charge in [0.05, 0.1) is 5.07 Å². The summed E-state index contributed by atoms with van der Waals surface area (Å²) < 4.78 is 0. The van der Waals surface area contributed by atoms with E-state index < -0.39 is 0 Å².